The van der Waals surface area contributed by atoms with Gasteiger partial charge >= 0.3 is 0 Å². The maximum absolute atomic E-state index is 9.41. The maximum Gasteiger partial charge on any atom is 0.0541 e. The molecule has 2 N–H and O–H groups in total. The molecule has 2 rings (SSSR count). The van der Waals surface area contributed by atoms with Crippen LogP contribution in [0.15, 0.2) is 0 Å². The largest absolute Gasteiger partial charge is 0.393 e. The lowest BCUT2D eigenvalue weighted by molar-refractivity contribution is 0.115. The van der Waals surface area contributed by atoms with Gasteiger partial charge in [0.1, 0.15) is 0 Å². The van der Waals surface area contributed by atoms with Crippen LogP contribution in [0.3, 0.4) is 0 Å². The minimum absolute atomic E-state index is 0. The summed E-state index contributed by atoms with van der Waals surface area (Å²) >= 11 is 0. The van der Waals surface area contributed by atoms with Gasteiger partial charge in [-0.1, -0.05) is 0 Å². The van der Waals surface area contributed by atoms with Crippen LogP contribution in [0.4, 0.5) is 0 Å². The molecule has 3 heteroatoms. The lowest BCUT2D eigenvalue weighted by atomic mass is 9.93. The number of hydrogen-bond acceptors (Lipinski definition) is 3. The van der Waals surface area contributed by atoms with Crippen LogP contribution in [-0.2, 0) is 0 Å². The van der Waals surface area contributed by atoms with Gasteiger partial charge in [-0.3, -0.25) is 0 Å². The van der Waals surface area contributed by atoms with E-state index in [9.17, 15) is 5.11 Å². The lowest BCUT2D eigenvalue weighted by Gasteiger charge is -2.28. The monoisotopic (exact) mass is 214 g/mol. The van der Waals surface area contributed by atoms with Crippen LogP contribution >= 0.6 is 0 Å². The second-order valence-electron chi connectivity index (χ2n) is 5.19. The predicted molar refractivity (Wildman–Crippen MR) is 64.0 cm³/mol. The Balaban J connectivity index is 0.00000128. The number of nitrogens with one attached hydrogen (secondary N) is 1. The third kappa shape index (κ3) is 3.16. The van der Waals surface area contributed by atoms with Gasteiger partial charge in [0.05, 0.1) is 6.10 Å². The Morgan fingerprint density at radius 3 is 2.60 bits per heavy atom. The van der Waals surface area contributed by atoms with Crippen molar-refractivity contribution in [2.45, 2.75) is 56.7 Å². The van der Waals surface area contributed by atoms with Crippen LogP contribution in [0.5, 0.6) is 0 Å². The summed E-state index contributed by atoms with van der Waals surface area (Å²) in [5, 5.41) is 13.1. The van der Waals surface area contributed by atoms with E-state index in [-0.39, 0.29) is 7.53 Å². The average molecular weight is 214 g/mol. The molecule has 3 nitrogen and oxygen atoms in total. The first-order valence-electron chi connectivity index (χ1n) is 6.37. The van der Waals surface area contributed by atoms with Gasteiger partial charge in [0.2, 0.25) is 0 Å². The molecule has 1 saturated heterocycles. The van der Waals surface area contributed by atoms with E-state index >= 15 is 0 Å². The van der Waals surface area contributed by atoms with Gasteiger partial charge < -0.3 is 15.3 Å². The van der Waals surface area contributed by atoms with Crippen LogP contribution in [0.1, 0.15) is 40.0 Å². The minimum atomic E-state index is -0.0304. The molecule has 90 valence electrons. The summed E-state index contributed by atoms with van der Waals surface area (Å²) in [6, 6.07) is 1.40. The Labute approximate surface area is 94.3 Å². The Hall–Kier alpha value is -0.120. The lowest BCUT2D eigenvalue weighted by Crippen LogP contribution is -2.42. The second-order valence-corrected chi connectivity index (χ2v) is 5.19. The molecule has 0 aromatic rings. The predicted octanol–water partition coefficient (Wildman–Crippen LogP) is 1.22. The van der Waals surface area contributed by atoms with E-state index < -0.39 is 0 Å². The highest BCUT2D eigenvalue weighted by Crippen LogP contribution is 2.19. The average Bonchev–Trinajstić information content (AvgIpc) is 2.63. The van der Waals surface area contributed by atoms with Crippen LogP contribution in [0.2, 0.25) is 0 Å². The van der Waals surface area contributed by atoms with Gasteiger partial charge in [-0.15, -0.1) is 0 Å². The number of aliphatic hydroxyl groups excluding tert-OH is 1. The highest BCUT2D eigenvalue weighted by atomic mass is 16.3. The molecule has 1 saturated carbocycles. The summed E-state index contributed by atoms with van der Waals surface area (Å²) < 4.78 is 0. The molecule has 0 amide bonds. The molecule has 0 radical (unpaired) electrons. The molecule has 0 bridgehead atoms. The fourth-order valence-corrected chi connectivity index (χ4v) is 2.82. The molecule has 0 unspecified atom stereocenters. The summed E-state index contributed by atoms with van der Waals surface area (Å²) in [5.74, 6) is 0. The molecule has 2 fully saturated rings. The molecule has 1 aliphatic heterocycles. The number of nitrogens with zero attached hydrogens (tertiary/aromatic N) is 1. The van der Waals surface area contributed by atoms with Crippen LogP contribution in [0, 0.1) is 0 Å². The highest BCUT2D eigenvalue weighted by molar-refractivity contribution is 4.82. The van der Waals surface area contributed by atoms with E-state index in [1.807, 2.05) is 0 Å². The van der Waals surface area contributed by atoms with Gasteiger partial charge in [0.15, 0.2) is 0 Å². The first-order valence-corrected chi connectivity index (χ1v) is 6.37. The molecule has 0 spiro atoms. The second kappa shape index (κ2) is 5.28. The zero-order valence-electron chi connectivity index (χ0n) is 9.78. The van der Waals surface area contributed by atoms with Crippen LogP contribution < -0.4 is 5.32 Å². The summed E-state index contributed by atoms with van der Waals surface area (Å²) in [4.78, 5) is 2.46. The number of likely N-dealkylation sites (tertiary alicyclic amines) is 1. The molecule has 1 aliphatic carbocycles. The Bertz CT molecular complexity index is 195. The zero-order valence-corrected chi connectivity index (χ0v) is 9.78. The molecular weight excluding hydrogens is 188 g/mol. The highest BCUT2D eigenvalue weighted by Gasteiger charge is 2.23. The smallest absolute Gasteiger partial charge is 0.0541 e. The van der Waals surface area contributed by atoms with Gasteiger partial charge in [0, 0.05) is 20.1 Å². The number of likely N-dealkylation sites (N-methyl/N-ethyl adjacent to an activating group) is 1. The van der Waals surface area contributed by atoms with Crippen LogP contribution in [0.25, 0.3) is 0 Å². The summed E-state index contributed by atoms with van der Waals surface area (Å²) in [6.07, 6.45) is 6.94. The van der Waals surface area contributed by atoms with Crippen molar-refractivity contribution in [3.8, 4) is 0 Å². The first-order chi connectivity index (χ1) is 7.25. The molecule has 1 heterocycles. The topological polar surface area (TPSA) is 35.5 Å². The summed E-state index contributed by atoms with van der Waals surface area (Å²) in [6.45, 7) is 2.40. The van der Waals surface area contributed by atoms with Crippen molar-refractivity contribution in [1.82, 2.24) is 10.2 Å². The standard InChI is InChI=1S/C12H24N2O.H2/c1-14-8-2-3-11(14)9-13-10-4-6-12(15)7-5-10;/h10-13,15H,2-9H2,1H3;1H/t10?,11-,12?;/m1./s1. The zero-order chi connectivity index (χ0) is 10.7. The van der Waals surface area contributed by atoms with Crippen molar-refractivity contribution in [2.24, 2.45) is 0 Å². The van der Waals surface area contributed by atoms with Gasteiger partial charge in [-0.2, -0.15) is 0 Å². The Morgan fingerprint density at radius 2 is 2.00 bits per heavy atom. The Kier molecular flexibility index (Phi) is 4.00. The van der Waals surface area contributed by atoms with Crippen molar-refractivity contribution in [2.75, 3.05) is 20.1 Å². The molecule has 15 heavy (non-hydrogen) atoms. The van der Waals surface area contributed by atoms with E-state index in [2.05, 4.69) is 17.3 Å². The maximum atomic E-state index is 9.41. The summed E-state index contributed by atoms with van der Waals surface area (Å²) in [7, 11) is 2.23. The van der Waals surface area contributed by atoms with Gasteiger partial charge in [0.25, 0.3) is 0 Å². The van der Waals surface area contributed by atoms with Crippen LogP contribution in [-0.4, -0.2) is 48.3 Å². The molecule has 2 aliphatic rings. The number of aliphatic hydroxyl groups is 1. The molecular formula is C12H26N2O. The SMILES string of the molecule is CN1CCC[C@@H]1CNC1CCC(O)CC1.[HH]. The first kappa shape index (κ1) is 11.4. The van der Waals surface area contributed by atoms with E-state index in [0.717, 1.165) is 38.3 Å². The van der Waals surface area contributed by atoms with Crippen molar-refractivity contribution in [1.29, 1.82) is 0 Å². The minimum Gasteiger partial charge on any atom is -0.393 e. The van der Waals surface area contributed by atoms with E-state index in [0.29, 0.717) is 6.04 Å². The van der Waals surface area contributed by atoms with Crippen molar-refractivity contribution < 1.29 is 6.53 Å². The number of hydrogen-bond donors (Lipinski definition) is 2. The van der Waals surface area contributed by atoms with Gasteiger partial charge in [-0.25, -0.2) is 0 Å². The normalized spacial score (nSPS) is 38.4. The van der Waals surface area contributed by atoms with E-state index in [1.165, 1.54) is 19.4 Å². The van der Waals surface area contributed by atoms with E-state index in [4.69, 9.17) is 0 Å². The fraction of sp³-hybridized carbons (Fsp3) is 1.00. The molecule has 0 aromatic carbocycles. The van der Waals surface area contributed by atoms with E-state index in [1.54, 1.807) is 0 Å². The van der Waals surface area contributed by atoms with Gasteiger partial charge in [-0.05, 0) is 52.1 Å². The van der Waals surface area contributed by atoms with Crippen molar-refractivity contribution in [3.63, 3.8) is 0 Å². The fourth-order valence-electron chi connectivity index (χ4n) is 2.82. The Morgan fingerprint density at radius 1 is 1.27 bits per heavy atom. The third-order valence-electron chi connectivity index (χ3n) is 4.01. The molecule has 1 atom stereocenters. The molecule has 0 aromatic heterocycles. The number of rotatable bonds is 3. The summed E-state index contributed by atoms with van der Waals surface area (Å²) in [5.41, 5.74) is 0. The van der Waals surface area contributed by atoms with Crippen molar-refractivity contribution >= 4 is 0 Å². The quantitative estimate of drug-likeness (QED) is 0.741. The third-order valence-corrected chi connectivity index (χ3v) is 4.01. The van der Waals surface area contributed by atoms with Crippen molar-refractivity contribution in [3.05, 3.63) is 0 Å².